The van der Waals surface area contributed by atoms with Gasteiger partial charge in [0.05, 0.1) is 11.5 Å². The fourth-order valence-corrected chi connectivity index (χ4v) is 4.79. The van der Waals surface area contributed by atoms with Crippen LogP contribution in [0.3, 0.4) is 0 Å². The number of halogens is 3. The molecule has 0 radical (unpaired) electrons. The molecule has 6 nitrogen and oxygen atoms in total. The number of nitrogens with one attached hydrogen (secondary N) is 1. The van der Waals surface area contributed by atoms with Gasteiger partial charge in [-0.2, -0.15) is 0 Å². The smallest absolute Gasteiger partial charge is 0.513 e. The Bertz CT molecular complexity index is 1410. The number of ether oxygens (including phenoxy) is 1. The third kappa shape index (κ3) is 8.60. The van der Waals surface area contributed by atoms with Crippen LogP contribution < -0.4 is 15.0 Å². The van der Waals surface area contributed by atoms with Gasteiger partial charge in [-0.3, -0.25) is 4.79 Å². The van der Waals surface area contributed by atoms with Crippen LogP contribution in [0.15, 0.2) is 96.6 Å². The van der Waals surface area contributed by atoms with Crippen molar-refractivity contribution in [1.82, 2.24) is 10.3 Å². The Morgan fingerprint density at radius 1 is 1.00 bits per heavy atom. The summed E-state index contributed by atoms with van der Waals surface area (Å²) in [6.45, 7) is 4.94. The van der Waals surface area contributed by atoms with Crippen molar-refractivity contribution in [2.75, 3.05) is 18.0 Å². The Morgan fingerprint density at radius 2 is 1.70 bits per heavy atom. The molecule has 0 atom stereocenters. The van der Waals surface area contributed by atoms with E-state index in [-0.39, 0.29) is 17.4 Å². The predicted octanol–water partition coefficient (Wildman–Crippen LogP) is 7.15. The minimum atomic E-state index is -4.74. The van der Waals surface area contributed by atoms with E-state index in [4.69, 9.17) is 4.98 Å². The van der Waals surface area contributed by atoms with Crippen LogP contribution in [-0.2, 0) is 13.0 Å². The summed E-state index contributed by atoms with van der Waals surface area (Å²) >= 11 is 1.45. The van der Waals surface area contributed by atoms with Crippen molar-refractivity contribution < 1.29 is 27.8 Å². The highest BCUT2D eigenvalue weighted by molar-refractivity contribution is 7.14. The predicted molar refractivity (Wildman–Crippen MR) is 151 cm³/mol. The van der Waals surface area contributed by atoms with Crippen molar-refractivity contribution in [2.45, 2.75) is 25.7 Å². The van der Waals surface area contributed by atoms with Gasteiger partial charge in [0.2, 0.25) is 0 Å². The number of hydrogen-bond acceptors (Lipinski definition) is 6. The largest absolute Gasteiger partial charge is 0.573 e. The Balaban J connectivity index is 1.48. The molecule has 0 spiro atoms. The van der Waals surface area contributed by atoms with E-state index < -0.39 is 6.36 Å². The average molecular weight is 568 g/mol. The van der Waals surface area contributed by atoms with Gasteiger partial charge in [-0.15, -0.1) is 24.5 Å². The summed E-state index contributed by atoms with van der Waals surface area (Å²) in [6.07, 6.45) is -3.66. The molecule has 1 aromatic heterocycles. The first-order valence-corrected chi connectivity index (χ1v) is 13.4. The molecule has 0 bridgehead atoms. The van der Waals surface area contributed by atoms with Crippen molar-refractivity contribution in [3.8, 4) is 17.0 Å². The number of aliphatic hydroxyl groups is 1. The minimum Gasteiger partial charge on any atom is -0.513 e. The molecule has 40 heavy (non-hydrogen) atoms. The number of anilines is 1. The lowest BCUT2D eigenvalue weighted by molar-refractivity contribution is -0.274. The molecule has 0 aliphatic heterocycles. The third-order valence-corrected chi connectivity index (χ3v) is 6.85. The second-order valence-electron chi connectivity index (χ2n) is 9.01. The molecule has 4 rings (SSSR count). The van der Waals surface area contributed by atoms with E-state index in [1.54, 1.807) is 24.3 Å². The zero-order chi connectivity index (χ0) is 28.5. The van der Waals surface area contributed by atoms with E-state index in [1.807, 2.05) is 35.7 Å². The van der Waals surface area contributed by atoms with E-state index in [0.29, 0.717) is 42.9 Å². The molecular formula is C30H28F3N3O3S. The highest BCUT2D eigenvalue weighted by Gasteiger charge is 2.31. The highest BCUT2D eigenvalue weighted by atomic mass is 32.1. The normalized spacial score (nSPS) is 11.2. The van der Waals surface area contributed by atoms with E-state index in [0.717, 1.165) is 17.1 Å². The number of carbonyl (C=O) groups excluding carboxylic acids is 1. The van der Waals surface area contributed by atoms with Crippen LogP contribution in [0.25, 0.3) is 11.3 Å². The third-order valence-electron chi connectivity index (χ3n) is 5.95. The molecule has 0 unspecified atom stereocenters. The lowest BCUT2D eigenvalue weighted by atomic mass is 10.1. The topological polar surface area (TPSA) is 74.7 Å². The molecule has 2 N–H and O–H groups in total. The first-order chi connectivity index (χ1) is 19.2. The number of aliphatic hydroxyl groups excluding tert-OH is 1. The van der Waals surface area contributed by atoms with Gasteiger partial charge < -0.3 is 20.1 Å². The Hall–Kier alpha value is -4.31. The SMILES string of the molecule is C=C(O)CCNC(=O)c1ccc(CN(CCc2ccccc2)c2nc(-c3ccc(OC(F)(F)F)cc3)cs2)cc1. The summed E-state index contributed by atoms with van der Waals surface area (Å²) in [7, 11) is 0. The number of carbonyl (C=O) groups is 1. The monoisotopic (exact) mass is 567 g/mol. The molecule has 0 saturated carbocycles. The van der Waals surface area contributed by atoms with Gasteiger partial charge in [0, 0.05) is 42.6 Å². The quantitative estimate of drug-likeness (QED) is 0.178. The average Bonchev–Trinajstić information content (AvgIpc) is 3.41. The number of thiazole rings is 1. The summed E-state index contributed by atoms with van der Waals surface area (Å²) in [5, 5.41) is 14.6. The fraction of sp³-hybridized carbons (Fsp3) is 0.200. The zero-order valence-electron chi connectivity index (χ0n) is 21.5. The van der Waals surface area contributed by atoms with Gasteiger partial charge in [-0.25, -0.2) is 4.98 Å². The molecule has 0 fully saturated rings. The van der Waals surface area contributed by atoms with Gasteiger partial charge in [-0.05, 0) is 53.9 Å². The second kappa shape index (κ2) is 13.2. The van der Waals surface area contributed by atoms with Gasteiger partial charge in [0.25, 0.3) is 5.91 Å². The van der Waals surface area contributed by atoms with Crippen LogP contribution in [0.1, 0.15) is 27.9 Å². The van der Waals surface area contributed by atoms with Crippen molar-refractivity contribution in [3.63, 3.8) is 0 Å². The summed E-state index contributed by atoms with van der Waals surface area (Å²) < 4.78 is 41.5. The molecule has 1 heterocycles. The Labute approximate surface area is 234 Å². The Kier molecular flexibility index (Phi) is 9.44. The van der Waals surface area contributed by atoms with Crippen LogP contribution in [-0.4, -0.2) is 35.4 Å². The van der Waals surface area contributed by atoms with Gasteiger partial charge in [0.1, 0.15) is 5.75 Å². The summed E-state index contributed by atoms with van der Waals surface area (Å²) in [6, 6.07) is 23.0. The van der Waals surface area contributed by atoms with Gasteiger partial charge >= 0.3 is 6.36 Å². The summed E-state index contributed by atoms with van der Waals surface area (Å²) in [5.74, 6) is -0.499. The number of aromatic nitrogens is 1. The van der Waals surface area contributed by atoms with Crippen molar-refractivity contribution in [1.29, 1.82) is 0 Å². The molecule has 3 aromatic carbocycles. The van der Waals surface area contributed by atoms with E-state index >= 15 is 0 Å². The minimum absolute atomic E-state index is 0.0177. The molecular weight excluding hydrogens is 539 g/mol. The molecule has 208 valence electrons. The first-order valence-electron chi connectivity index (χ1n) is 12.5. The van der Waals surface area contributed by atoms with Gasteiger partial charge in [-0.1, -0.05) is 49.0 Å². The molecule has 0 aliphatic rings. The Morgan fingerprint density at radius 3 is 2.35 bits per heavy atom. The maximum Gasteiger partial charge on any atom is 0.573 e. The zero-order valence-corrected chi connectivity index (χ0v) is 22.3. The molecule has 4 aromatic rings. The number of rotatable bonds is 12. The maximum atomic E-state index is 12.5. The fourth-order valence-electron chi connectivity index (χ4n) is 3.92. The van der Waals surface area contributed by atoms with Crippen LogP contribution in [0.4, 0.5) is 18.3 Å². The van der Waals surface area contributed by atoms with E-state index in [2.05, 4.69) is 33.7 Å². The standard InChI is InChI=1S/C30H28F3N3O3S/c1-21(37)15-17-34-28(38)25-9-7-23(8-10-25)19-36(18-16-22-5-3-2-4-6-22)29-35-27(20-40-29)24-11-13-26(14-12-24)39-30(31,32)33/h2-14,20,37H,1,15-19H2,(H,34,38). The first kappa shape index (κ1) is 28.7. The maximum absolute atomic E-state index is 12.5. The molecule has 0 aliphatic carbocycles. The van der Waals surface area contributed by atoms with Crippen molar-refractivity contribution in [3.05, 3.63) is 113 Å². The summed E-state index contributed by atoms with van der Waals surface area (Å²) in [5.41, 5.74) is 4.01. The van der Waals surface area contributed by atoms with E-state index in [1.165, 1.54) is 29.0 Å². The lowest BCUT2D eigenvalue weighted by Crippen LogP contribution is -2.26. The van der Waals surface area contributed by atoms with Gasteiger partial charge in [0.15, 0.2) is 5.13 Å². The van der Waals surface area contributed by atoms with Crippen molar-refractivity contribution >= 4 is 22.4 Å². The highest BCUT2D eigenvalue weighted by Crippen LogP contribution is 2.31. The number of nitrogens with zero attached hydrogens (tertiary/aromatic N) is 2. The number of hydrogen-bond donors (Lipinski definition) is 2. The molecule has 1 amide bonds. The molecule has 10 heteroatoms. The van der Waals surface area contributed by atoms with Crippen molar-refractivity contribution in [2.24, 2.45) is 0 Å². The molecule has 0 saturated heterocycles. The van der Waals surface area contributed by atoms with Crippen LogP contribution in [0.5, 0.6) is 5.75 Å². The summed E-state index contributed by atoms with van der Waals surface area (Å²) in [4.78, 5) is 19.3. The second-order valence-corrected chi connectivity index (χ2v) is 9.85. The van der Waals surface area contributed by atoms with E-state index in [9.17, 15) is 23.1 Å². The van der Waals surface area contributed by atoms with Crippen LogP contribution in [0.2, 0.25) is 0 Å². The van der Waals surface area contributed by atoms with Crippen LogP contribution >= 0.6 is 11.3 Å². The number of alkyl halides is 3. The number of benzene rings is 3. The number of amides is 1. The lowest BCUT2D eigenvalue weighted by Gasteiger charge is -2.22. The van der Waals surface area contributed by atoms with Crippen LogP contribution in [0, 0.1) is 0 Å².